The van der Waals surface area contributed by atoms with Crippen molar-refractivity contribution in [2.45, 2.75) is 44.5 Å². The molecule has 2 aliphatic rings. The number of hydrogen-bond acceptors (Lipinski definition) is 4. The largest absolute Gasteiger partial charge is 0.509 e. The number of carbonyl (C=O) groups excluding carboxylic acids is 1. The molecule has 0 saturated carbocycles. The van der Waals surface area contributed by atoms with E-state index >= 15 is 0 Å². The molecule has 0 aromatic heterocycles. The first kappa shape index (κ1) is 8.81. The molecule has 74 valence electrons. The van der Waals surface area contributed by atoms with Crippen LogP contribution in [0.1, 0.15) is 26.2 Å². The molecule has 0 spiro atoms. The van der Waals surface area contributed by atoms with Crippen molar-refractivity contribution >= 4 is 6.16 Å². The molecule has 2 heterocycles. The van der Waals surface area contributed by atoms with Crippen molar-refractivity contribution in [3.05, 3.63) is 0 Å². The lowest BCUT2D eigenvalue weighted by Gasteiger charge is -2.22. The molecule has 2 rings (SSSR count). The van der Waals surface area contributed by atoms with Gasteiger partial charge in [0.1, 0.15) is 12.2 Å². The number of fused-ring (bicyclic) bond motifs is 1. The molecular formula is C9H14O4. The van der Waals surface area contributed by atoms with Gasteiger partial charge in [0, 0.05) is 13.0 Å². The summed E-state index contributed by atoms with van der Waals surface area (Å²) in [5, 5.41) is 0. The van der Waals surface area contributed by atoms with E-state index < -0.39 is 6.16 Å². The van der Waals surface area contributed by atoms with Crippen molar-refractivity contribution in [2.24, 2.45) is 0 Å². The van der Waals surface area contributed by atoms with E-state index in [1.54, 1.807) is 0 Å². The van der Waals surface area contributed by atoms with Crippen LogP contribution in [0, 0.1) is 0 Å². The van der Waals surface area contributed by atoms with Crippen LogP contribution in [-0.4, -0.2) is 31.1 Å². The summed E-state index contributed by atoms with van der Waals surface area (Å²) in [6.07, 6.45) is 2.02. The summed E-state index contributed by atoms with van der Waals surface area (Å²) in [7, 11) is 0. The Bertz CT molecular complexity index is 204. The molecule has 0 aliphatic carbocycles. The van der Waals surface area contributed by atoms with Crippen molar-refractivity contribution < 1.29 is 19.0 Å². The molecule has 0 aromatic rings. The Hall–Kier alpha value is -0.770. The number of rotatable bonds is 0. The summed E-state index contributed by atoms with van der Waals surface area (Å²) in [4.78, 5) is 10.9. The fourth-order valence-electron chi connectivity index (χ4n) is 1.84. The number of hydrogen-bond donors (Lipinski definition) is 0. The van der Waals surface area contributed by atoms with Crippen molar-refractivity contribution in [1.82, 2.24) is 0 Å². The highest BCUT2D eigenvalue weighted by Crippen LogP contribution is 2.25. The Morgan fingerprint density at radius 1 is 1.31 bits per heavy atom. The van der Waals surface area contributed by atoms with Crippen LogP contribution in [0.5, 0.6) is 0 Å². The first-order valence-corrected chi connectivity index (χ1v) is 4.74. The van der Waals surface area contributed by atoms with Crippen molar-refractivity contribution in [2.75, 3.05) is 6.61 Å². The molecule has 4 heteroatoms. The van der Waals surface area contributed by atoms with Gasteiger partial charge in [-0.1, -0.05) is 0 Å². The minimum absolute atomic E-state index is 0.0427. The SMILES string of the molecule is C[C@@H]1CC2OC(=O)OC2CCCO1. The van der Waals surface area contributed by atoms with Gasteiger partial charge >= 0.3 is 6.16 Å². The predicted molar refractivity (Wildman–Crippen MR) is 44.4 cm³/mol. The molecule has 13 heavy (non-hydrogen) atoms. The first-order chi connectivity index (χ1) is 6.25. The molecule has 2 fully saturated rings. The predicted octanol–water partition coefficient (Wildman–Crippen LogP) is 1.48. The number of carbonyl (C=O) groups is 1. The van der Waals surface area contributed by atoms with E-state index in [9.17, 15) is 4.79 Å². The number of ether oxygens (including phenoxy) is 3. The second kappa shape index (κ2) is 3.54. The van der Waals surface area contributed by atoms with E-state index in [1.165, 1.54) is 0 Å². The molecule has 0 N–H and O–H groups in total. The Kier molecular flexibility index (Phi) is 2.40. The van der Waals surface area contributed by atoms with Gasteiger partial charge < -0.3 is 14.2 Å². The van der Waals surface area contributed by atoms with Gasteiger partial charge in [0.25, 0.3) is 0 Å². The van der Waals surface area contributed by atoms with Crippen LogP contribution in [0.3, 0.4) is 0 Å². The van der Waals surface area contributed by atoms with Crippen LogP contribution in [0.15, 0.2) is 0 Å². The fraction of sp³-hybridized carbons (Fsp3) is 0.889. The van der Waals surface area contributed by atoms with E-state index in [4.69, 9.17) is 14.2 Å². The van der Waals surface area contributed by atoms with Gasteiger partial charge in [0.2, 0.25) is 0 Å². The van der Waals surface area contributed by atoms with Gasteiger partial charge in [-0.05, 0) is 19.8 Å². The first-order valence-electron chi connectivity index (χ1n) is 4.74. The van der Waals surface area contributed by atoms with E-state index in [2.05, 4.69) is 0 Å². The van der Waals surface area contributed by atoms with Gasteiger partial charge in [-0.25, -0.2) is 4.79 Å². The zero-order valence-electron chi connectivity index (χ0n) is 7.69. The third kappa shape index (κ3) is 1.94. The molecule has 2 unspecified atom stereocenters. The van der Waals surface area contributed by atoms with E-state index in [1.807, 2.05) is 6.92 Å². The maximum atomic E-state index is 10.9. The topological polar surface area (TPSA) is 44.8 Å². The lowest BCUT2D eigenvalue weighted by molar-refractivity contribution is -0.00150. The third-order valence-corrected chi connectivity index (χ3v) is 2.51. The summed E-state index contributed by atoms with van der Waals surface area (Å²) >= 11 is 0. The summed E-state index contributed by atoms with van der Waals surface area (Å²) in [5.74, 6) is 0. The molecule has 2 saturated heterocycles. The smallest absolute Gasteiger partial charge is 0.427 e. The van der Waals surface area contributed by atoms with Crippen LogP contribution >= 0.6 is 0 Å². The fourth-order valence-corrected chi connectivity index (χ4v) is 1.84. The maximum Gasteiger partial charge on any atom is 0.509 e. The molecule has 0 amide bonds. The Morgan fingerprint density at radius 3 is 2.92 bits per heavy atom. The molecule has 0 bridgehead atoms. The molecule has 2 aliphatic heterocycles. The van der Waals surface area contributed by atoms with Crippen molar-refractivity contribution in [3.63, 3.8) is 0 Å². The highest BCUT2D eigenvalue weighted by atomic mass is 16.8. The van der Waals surface area contributed by atoms with Gasteiger partial charge in [0.15, 0.2) is 0 Å². The minimum Gasteiger partial charge on any atom is -0.427 e. The quantitative estimate of drug-likeness (QED) is 0.537. The average molecular weight is 186 g/mol. The third-order valence-electron chi connectivity index (χ3n) is 2.51. The molecule has 4 nitrogen and oxygen atoms in total. The Morgan fingerprint density at radius 2 is 2.08 bits per heavy atom. The van der Waals surface area contributed by atoms with Crippen molar-refractivity contribution in [1.29, 1.82) is 0 Å². The summed E-state index contributed by atoms with van der Waals surface area (Å²) < 4.78 is 15.5. The highest BCUT2D eigenvalue weighted by molar-refractivity contribution is 5.62. The van der Waals surface area contributed by atoms with E-state index in [-0.39, 0.29) is 18.3 Å². The normalized spacial score (nSPS) is 39.8. The Balaban J connectivity index is 2.00. The zero-order valence-corrected chi connectivity index (χ0v) is 7.69. The lowest BCUT2D eigenvalue weighted by Crippen LogP contribution is -2.30. The summed E-state index contributed by atoms with van der Waals surface area (Å²) in [6, 6.07) is 0. The van der Waals surface area contributed by atoms with E-state index in [0.29, 0.717) is 0 Å². The maximum absolute atomic E-state index is 10.9. The molecule has 0 radical (unpaired) electrons. The van der Waals surface area contributed by atoms with Crippen LogP contribution in [0.25, 0.3) is 0 Å². The van der Waals surface area contributed by atoms with Crippen molar-refractivity contribution in [3.8, 4) is 0 Å². The van der Waals surface area contributed by atoms with E-state index in [0.717, 1.165) is 25.9 Å². The monoisotopic (exact) mass is 186 g/mol. The van der Waals surface area contributed by atoms with Gasteiger partial charge in [-0.2, -0.15) is 0 Å². The average Bonchev–Trinajstić information content (AvgIpc) is 2.36. The lowest BCUT2D eigenvalue weighted by atomic mass is 10.0. The Labute approximate surface area is 77.1 Å². The second-order valence-electron chi connectivity index (χ2n) is 3.62. The van der Waals surface area contributed by atoms with Crippen LogP contribution in [0.4, 0.5) is 4.79 Å². The minimum atomic E-state index is -0.524. The standard InChI is InChI=1S/C9H14O4/c1-6-5-8-7(3-2-4-11-6)12-9(10)13-8/h6-8H,2-5H2,1H3/t6-,7?,8?/m1/s1. The second-order valence-corrected chi connectivity index (χ2v) is 3.62. The van der Waals surface area contributed by atoms with Crippen LogP contribution in [0.2, 0.25) is 0 Å². The van der Waals surface area contributed by atoms with Gasteiger partial charge in [-0.15, -0.1) is 0 Å². The van der Waals surface area contributed by atoms with Gasteiger partial charge in [-0.3, -0.25) is 0 Å². The molecular weight excluding hydrogens is 172 g/mol. The van der Waals surface area contributed by atoms with Crippen LogP contribution < -0.4 is 0 Å². The molecule has 0 aromatic carbocycles. The molecule has 3 atom stereocenters. The summed E-state index contributed by atoms with van der Waals surface area (Å²) in [5.41, 5.74) is 0. The zero-order chi connectivity index (χ0) is 9.26. The highest BCUT2D eigenvalue weighted by Gasteiger charge is 2.37. The van der Waals surface area contributed by atoms with Gasteiger partial charge in [0.05, 0.1) is 6.10 Å². The summed E-state index contributed by atoms with van der Waals surface area (Å²) in [6.45, 7) is 2.75. The van der Waals surface area contributed by atoms with Crippen LogP contribution in [-0.2, 0) is 14.2 Å².